The molecule has 112 valence electrons. The summed E-state index contributed by atoms with van der Waals surface area (Å²) < 4.78 is 33.8. The van der Waals surface area contributed by atoms with Gasteiger partial charge < -0.3 is 5.32 Å². The molecule has 0 radical (unpaired) electrons. The summed E-state index contributed by atoms with van der Waals surface area (Å²) in [5.74, 6) is 0.387. The number of carbonyl (C=O) groups is 1. The predicted octanol–water partition coefficient (Wildman–Crippen LogP) is 1.77. The molecule has 0 spiro atoms. The van der Waals surface area contributed by atoms with Gasteiger partial charge in [-0.2, -0.15) is 0 Å². The first kappa shape index (κ1) is 17.4. The molecule has 1 aromatic rings. The van der Waals surface area contributed by atoms with Gasteiger partial charge in [-0.15, -0.1) is 0 Å². The van der Waals surface area contributed by atoms with Crippen molar-refractivity contribution >= 4 is 48.0 Å². The van der Waals surface area contributed by atoms with Crippen molar-refractivity contribution in [1.82, 2.24) is 5.32 Å². The van der Waals surface area contributed by atoms with Crippen LogP contribution in [-0.2, 0) is 19.9 Å². The van der Waals surface area contributed by atoms with Gasteiger partial charge in [0.15, 0.2) is 0 Å². The molecular weight excluding hydrogens is 345 g/mol. The summed E-state index contributed by atoms with van der Waals surface area (Å²) in [6, 6.07) is 3.78. The fourth-order valence-electron chi connectivity index (χ4n) is 1.36. The van der Waals surface area contributed by atoms with Crippen molar-refractivity contribution in [3.05, 3.63) is 28.8 Å². The molecule has 0 aliphatic heterocycles. The standard InChI is InChI=1S/C11H13Cl2NO4S2/c1-2-19(16)6-5-14-11(15)8-3-4-9(12)10(7-8)20(13,17)18/h3-4,7H,2,5-6H2,1H3,(H,14,15). The van der Waals surface area contributed by atoms with Gasteiger partial charge in [0.1, 0.15) is 4.90 Å². The van der Waals surface area contributed by atoms with Crippen LogP contribution in [-0.4, -0.2) is 36.6 Å². The first-order valence-electron chi connectivity index (χ1n) is 5.63. The Morgan fingerprint density at radius 2 is 2.05 bits per heavy atom. The van der Waals surface area contributed by atoms with Crippen LogP contribution in [0.4, 0.5) is 0 Å². The molecule has 0 fully saturated rings. The van der Waals surface area contributed by atoms with Crippen molar-refractivity contribution < 1.29 is 17.4 Å². The monoisotopic (exact) mass is 357 g/mol. The van der Waals surface area contributed by atoms with E-state index in [1.165, 1.54) is 12.1 Å². The van der Waals surface area contributed by atoms with Gasteiger partial charge in [0.05, 0.1) is 5.02 Å². The number of hydrogen-bond donors (Lipinski definition) is 1. The van der Waals surface area contributed by atoms with Crippen molar-refractivity contribution in [3.8, 4) is 0 Å². The number of carbonyl (C=O) groups excluding carboxylic acids is 1. The van der Waals surface area contributed by atoms with Crippen LogP contribution in [0.5, 0.6) is 0 Å². The minimum atomic E-state index is -4.02. The van der Waals surface area contributed by atoms with Gasteiger partial charge in [-0.25, -0.2) is 8.42 Å². The molecule has 0 aliphatic rings. The van der Waals surface area contributed by atoms with E-state index in [0.29, 0.717) is 11.5 Å². The molecule has 5 nitrogen and oxygen atoms in total. The van der Waals surface area contributed by atoms with Crippen molar-refractivity contribution in [3.63, 3.8) is 0 Å². The minimum Gasteiger partial charge on any atom is -0.351 e. The topological polar surface area (TPSA) is 80.3 Å². The van der Waals surface area contributed by atoms with Crippen LogP contribution in [0.15, 0.2) is 23.1 Å². The van der Waals surface area contributed by atoms with Crippen molar-refractivity contribution in [2.45, 2.75) is 11.8 Å². The number of nitrogens with one attached hydrogen (secondary N) is 1. The van der Waals surface area contributed by atoms with E-state index in [1.807, 2.05) is 0 Å². The highest BCUT2D eigenvalue weighted by molar-refractivity contribution is 8.13. The lowest BCUT2D eigenvalue weighted by molar-refractivity contribution is 0.0956. The lowest BCUT2D eigenvalue weighted by Gasteiger charge is -2.06. The average molecular weight is 358 g/mol. The van der Waals surface area contributed by atoms with Crippen LogP contribution in [0.3, 0.4) is 0 Å². The van der Waals surface area contributed by atoms with Crippen LogP contribution >= 0.6 is 22.3 Å². The summed E-state index contributed by atoms with van der Waals surface area (Å²) in [4.78, 5) is 11.5. The van der Waals surface area contributed by atoms with E-state index in [1.54, 1.807) is 6.92 Å². The van der Waals surface area contributed by atoms with Crippen LogP contribution in [0, 0.1) is 0 Å². The molecule has 0 bridgehead atoms. The third-order valence-corrected chi connectivity index (χ3v) is 5.50. The fourth-order valence-corrected chi connectivity index (χ4v) is 3.47. The molecule has 1 aromatic carbocycles. The lowest BCUT2D eigenvalue weighted by atomic mass is 10.2. The highest BCUT2D eigenvalue weighted by Crippen LogP contribution is 2.25. The normalized spacial score (nSPS) is 12.9. The molecule has 0 aliphatic carbocycles. The Balaban J connectivity index is 2.82. The van der Waals surface area contributed by atoms with Gasteiger partial charge in [-0.05, 0) is 18.2 Å². The molecule has 0 aromatic heterocycles. The Kier molecular flexibility index (Phi) is 6.44. The van der Waals surface area contributed by atoms with E-state index < -0.39 is 25.8 Å². The highest BCUT2D eigenvalue weighted by Gasteiger charge is 2.17. The number of benzene rings is 1. The summed E-state index contributed by atoms with van der Waals surface area (Å²) >= 11 is 5.71. The SMILES string of the molecule is CCS(=O)CCNC(=O)c1ccc(Cl)c(S(=O)(=O)Cl)c1. The van der Waals surface area contributed by atoms with Crippen LogP contribution in [0.25, 0.3) is 0 Å². The van der Waals surface area contributed by atoms with Crippen LogP contribution in [0.2, 0.25) is 5.02 Å². The van der Waals surface area contributed by atoms with Gasteiger partial charge in [0.2, 0.25) is 0 Å². The zero-order chi connectivity index (χ0) is 15.3. The van der Waals surface area contributed by atoms with E-state index in [9.17, 15) is 17.4 Å². The maximum Gasteiger partial charge on any atom is 0.262 e. The predicted molar refractivity (Wildman–Crippen MR) is 80.4 cm³/mol. The molecule has 20 heavy (non-hydrogen) atoms. The number of halogens is 2. The van der Waals surface area contributed by atoms with E-state index in [-0.39, 0.29) is 22.0 Å². The summed E-state index contributed by atoms with van der Waals surface area (Å²) in [6.07, 6.45) is 0. The first-order chi connectivity index (χ1) is 9.25. The molecule has 0 heterocycles. The van der Waals surface area contributed by atoms with E-state index in [0.717, 1.165) is 6.07 Å². The lowest BCUT2D eigenvalue weighted by Crippen LogP contribution is -2.28. The minimum absolute atomic E-state index is 0.0522. The summed E-state index contributed by atoms with van der Waals surface area (Å²) in [5, 5.41) is 2.50. The summed E-state index contributed by atoms with van der Waals surface area (Å²) in [6.45, 7) is 2.03. The van der Waals surface area contributed by atoms with Gasteiger partial charge in [-0.3, -0.25) is 9.00 Å². The third-order valence-electron chi connectivity index (χ3n) is 2.39. The number of rotatable bonds is 6. The Bertz CT molecular complexity index is 631. The fraction of sp³-hybridized carbons (Fsp3) is 0.364. The highest BCUT2D eigenvalue weighted by atomic mass is 35.7. The molecule has 1 N–H and O–H groups in total. The first-order valence-corrected chi connectivity index (χ1v) is 9.80. The average Bonchev–Trinajstić information content (AvgIpc) is 2.37. The van der Waals surface area contributed by atoms with Crippen molar-refractivity contribution in [1.29, 1.82) is 0 Å². The second kappa shape index (κ2) is 7.40. The molecule has 1 atom stereocenters. The molecule has 0 saturated heterocycles. The molecule has 1 amide bonds. The molecule has 0 saturated carbocycles. The summed E-state index contributed by atoms with van der Waals surface area (Å²) in [7, 11) is 0.231. The van der Waals surface area contributed by atoms with Crippen LogP contribution in [0.1, 0.15) is 17.3 Å². The van der Waals surface area contributed by atoms with Gasteiger partial charge in [0, 0.05) is 45.1 Å². The maximum absolute atomic E-state index is 11.8. The summed E-state index contributed by atoms with van der Waals surface area (Å²) in [5.41, 5.74) is 0.121. The smallest absolute Gasteiger partial charge is 0.262 e. The molecular formula is C11H13Cl2NO4S2. The quantitative estimate of drug-likeness (QED) is 0.786. The number of hydrogen-bond acceptors (Lipinski definition) is 4. The van der Waals surface area contributed by atoms with Gasteiger partial charge in [-0.1, -0.05) is 18.5 Å². The number of amides is 1. The van der Waals surface area contributed by atoms with Crippen molar-refractivity contribution in [2.24, 2.45) is 0 Å². The zero-order valence-electron chi connectivity index (χ0n) is 10.6. The molecule has 1 unspecified atom stereocenters. The van der Waals surface area contributed by atoms with Crippen molar-refractivity contribution in [2.75, 3.05) is 18.1 Å². The zero-order valence-corrected chi connectivity index (χ0v) is 13.7. The Morgan fingerprint density at radius 1 is 1.40 bits per heavy atom. The maximum atomic E-state index is 11.8. The van der Waals surface area contributed by atoms with E-state index in [4.69, 9.17) is 22.3 Å². The second-order valence-electron chi connectivity index (χ2n) is 3.77. The second-order valence-corrected chi connectivity index (χ2v) is 8.58. The Morgan fingerprint density at radius 3 is 2.60 bits per heavy atom. The Labute approximate surface area is 129 Å². The molecule has 1 rings (SSSR count). The third kappa shape index (κ3) is 5.05. The van der Waals surface area contributed by atoms with Gasteiger partial charge >= 0.3 is 0 Å². The largest absolute Gasteiger partial charge is 0.351 e. The van der Waals surface area contributed by atoms with Gasteiger partial charge in [0.25, 0.3) is 15.0 Å². The van der Waals surface area contributed by atoms with E-state index in [2.05, 4.69) is 5.32 Å². The van der Waals surface area contributed by atoms with Crippen LogP contribution < -0.4 is 5.32 Å². The van der Waals surface area contributed by atoms with E-state index >= 15 is 0 Å². The Hall–Kier alpha value is -0.630. The molecule has 9 heteroatoms.